The minimum absolute atomic E-state index is 0.103. The molecule has 6 aliphatic rings. The van der Waals surface area contributed by atoms with Crippen molar-refractivity contribution in [2.24, 2.45) is 28.6 Å². The van der Waals surface area contributed by atoms with Crippen LogP contribution in [0.3, 0.4) is 0 Å². The number of rotatable bonds is 1. The number of carbonyl (C=O) groups excluding carboxylic acids is 1. The lowest BCUT2D eigenvalue weighted by Gasteiger charge is -2.59. The van der Waals surface area contributed by atoms with Crippen LogP contribution in [0.4, 0.5) is 0 Å². The lowest BCUT2D eigenvalue weighted by molar-refractivity contribution is -0.120. The van der Waals surface area contributed by atoms with Crippen molar-refractivity contribution in [1.82, 2.24) is 0 Å². The van der Waals surface area contributed by atoms with Crippen molar-refractivity contribution in [3.05, 3.63) is 46.5 Å². The van der Waals surface area contributed by atoms with Gasteiger partial charge in [-0.2, -0.15) is 0 Å². The van der Waals surface area contributed by atoms with E-state index in [0.717, 1.165) is 56.9 Å². The van der Waals surface area contributed by atoms with Gasteiger partial charge < -0.3 is 5.11 Å². The van der Waals surface area contributed by atoms with Crippen molar-refractivity contribution in [3.63, 3.8) is 0 Å². The predicted molar refractivity (Wildman–Crippen MR) is 122 cm³/mol. The highest BCUT2D eigenvalue weighted by Crippen LogP contribution is 2.68. The number of aliphatic hydroxyl groups is 1. The monoisotopic (exact) mass is 414 g/mol. The summed E-state index contributed by atoms with van der Waals surface area (Å²) < 4.78 is 0. The molecule has 0 heterocycles. The van der Waals surface area contributed by atoms with Crippen LogP contribution in [0.5, 0.6) is 0 Å². The van der Waals surface area contributed by atoms with Crippen LogP contribution in [0.15, 0.2) is 29.8 Å². The van der Waals surface area contributed by atoms with Crippen molar-refractivity contribution in [2.45, 2.75) is 83.7 Å². The Kier molecular flexibility index (Phi) is 4.21. The number of ketones is 1. The summed E-state index contributed by atoms with van der Waals surface area (Å²) in [5.41, 5.74) is 4.33. The Labute approximate surface area is 186 Å². The first-order chi connectivity index (χ1) is 14.9. The van der Waals surface area contributed by atoms with Gasteiger partial charge in [-0.3, -0.25) is 4.79 Å². The van der Waals surface area contributed by atoms with Gasteiger partial charge in [0.05, 0.1) is 0 Å². The van der Waals surface area contributed by atoms with Gasteiger partial charge in [0, 0.05) is 17.4 Å². The second-order valence-electron chi connectivity index (χ2n) is 11.3. The molecule has 1 aromatic carbocycles. The highest BCUT2D eigenvalue weighted by molar-refractivity contribution is 5.91. The van der Waals surface area contributed by atoms with Gasteiger partial charge in [0.1, 0.15) is 5.60 Å². The molecule has 6 aliphatic carbocycles. The van der Waals surface area contributed by atoms with Crippen LogP contribution < -0.4 is 0 Å². The van der Waals surface area contributed by atoms with E-state index in [1.165, 1.54) is 23.1 Å². The summed E-state index contributed by atoms with van der Waals surface area (Å²) in [6.07, 6.45) is 12.1. The summed E-state index contributed by atoms with van der Waals surface area (Å²) in [6.45, 7) is 4.54. The van der Waals surface area contributed by atoms with Gasteiger partial charge in [0.15, 0.2) is 5.78 Å². The number of benzene rings is 1. The summed E-state index contributed by atoms with van der Waals surface area (Å²) in [5.74, 6) is 9.07. The minimum Gasteiger partial charge on any atom is -0.377 e. The Morgan fingerprint density at radius 3 is 2.77 bits per heavy atom. The summed E-state index contributed by atoms with van der Waals surface area (Å²) in [6, 6.07) is 6.76. The van der Waals surface area contributed by atoms with Gasteiger partial charge in [-0.25, -0.2) is 0 Å². The Balaban J connectivity index is 1.61. The van der Waals surface area contributed by atoms with Gasteiger partial charge in [-0.1, -0.05) is 43.4 Å². The van der Waals surface area contributed by atoms with E-state index in [1.807, 2.05) is 6.08 Å². The van der Waals surface area contributed by atoms with Crippen LogP contribution in [0.25, 0.3) is 0 Å². The van der Waals surface area contributed by atoms with Crippen LogP contribution >= 0.6 is 0 Å². The summed E-state index contributed by atoms with van der Waals surface area (Å²) in [5, 5.41) is 11.8. The largest absolute Gasteiger partial charge is 0.377 e. The molecular formula is C29H34O2. The first-order valence-corrected chi connectivity index (χ1v) is 12.5. The van der Waals surface area contributed by atoms with Crippen LogP contribution in [0.1, 0.15) is 81.9 Å². The molecule has 2 nitrogen and oxygen atoms in total. The normalized spacial score (nSPS) is 42.6. The summed E-state index contributed by atoms with van der Waals surface area (Å²) >= 11 is 0. The molecule has 6 bridgehead atoms. The third kappa shape index (κ3) is 2.59. The number of allylic oxidation sites excluding steroid dienone is 1. The quantitative estimate of drug-likeness (QED) is 0.625. The summed E-state index contributed by atoms with van der Waals surface area (Å²) in [4.78, 5) is 12.4. The average Bonchev–Trinajstić information content (AvgIpc) is 3.03. The van der Waals surface area contributed by atoms with E-state index in [1.54, 1.807) is 0 Å². The van der Waals surface area contributed by atoms with Gasteiger partial charge in [-0.05, 0) is 104 Å². The summed E-state index contributed by atoms with van der Waals surface area (Å²) in [7, 11) is 0. The molecule has 0 aromatic heterocycles. The van der Waals surface area contributed by atoms with E-state index in [0.29, 0.717) is 30.0 Å². The maximum atomic E-state index is 12.4. The van der Waals surface area contributed by atoms with E-state index >= 15 is 0 Å². The van der Waals surface area contributed by atoms with Crippen molar-refractivity contribution in [1.29, 1.82) is 0 Å². The fraction of sp³-hybridized carbons (Fsp3) is 0.621. The molecule has 0 amide bonds. The topological polar surface area (TPSA) is 37.3 Å². The third-order valence-corrected chi connectivity index (χ3v) is 10.3. The SMILES string of the molecule is CCc1ccc2c(c1)C[C@]13CCC(=O)C=C1CC[C@@H]1C3CC[C@@]3(C)[C@H]1CC[C@]3(O)C#C2. The smallest absolute Gasteiger partial charge is 0.155 e. The predicted octanol–water partition coefficient (Wildman–Crippen LogP) is 5.40. The molecule has 1 unspecified atom stereocenters. The molecule has 0 saturated heterocycles. The third-order valence-electron chi connectivity index (χ3n) is 10.3. The second kappa shape index (κ2) is 6.58. The lowest BCUT2D eigenvalue weighted by atomic mass is 9.45. The fourth-order valence-electron chi connectivity index (χ4n) is 8.56. The number of fused-ring (bicyclic) bond motifs is 1. The number of hydrogen-bond donors (Lipinski definition) is 1. The van der Waals surface area contributed by atoms with E-state index in [4.69, 9.17) is 0 Å². The fourth-order valence-corrected chi connectivity index (χ4v) is 8.56. The molecule has 7 rings (SSSR count). The maximum Gasteiger partial charge on any atom is 0.155 e. The van der Waals surface area contributed by atoms with Crippen molar-refractivity contribution >= 4 is 5.78 Å². The Bertz CT molecular complexity index is 1050. The molecule has 162 valence electrons. The highest BCUT2D eigenvalue weighted by Gasteiger charge is 2.64. The number of aryl methyl sites for hydroxylation is 1. The number of carbonyl (C=O) groups is 1. The Hall–Kier alpha value is -1.85. The number of hydrogen-bond acceptors (Lipinski definition) is 2. The molecule has 6 atom stereocenters. The first-order valence-electron chi connectivity index (χ1n) is 12.5. The zero-order chi connectivity index (χ0) is 21.4. The van der Waals surface area contributed by atoms with Crippen LogP contribution in [0, 0.1) is 40.4 Å². The molecule has 0 aliphatic heterocycles. The van der Waals surface area contributed by atoms with Crippen molar-refractivity contribution in [3.8, 4) is 11.8 Å². The molecule has 31 heavy (non-hydrogen) atoms. The molecule has 3 saturated carbocycles. The van der Waals surface area contributed by atoms with E-state index in [-0.39, 0.29) is 10.8 Å². The molecule has 1 aromatic rings. The molecule has 0 radical (unpaired) electrons. The second-order valence-corrected chi connectivity index (χ2v) is 11.3. The van der Waals surface area contributed by atoms with E-state index in [2.05, 4.69) is 43.9 Å². The van der Waals surface area contributed by atoms with Crippen LogP contribution in [0.2, 0.25) is 0 Å². The van der Waals surface area contributed by atoms with Gasteiger partial charge in [0.25, 0.3) is 0 Å². The van der Waals surface area contributed by atoms with E-state index in [9.17, 15) is 9.90 Å². The van der Waals surface area contributed by atoms with Crippen molar-refractivity contribution < 1.29 is 9.90 Å². The van der Waals surface area contributed by atoms with Gasteiger partial charge in [0.2, 0.25) is 0 Å². The zero-order valence-electron chi connectivity index (χ0n) is 19.0. The first kappa shape index (κ1) is 19.8. The maximum absolute atomic E-state index is 12.4. The highest BCUT2D eigenvalue weighted by atomic mass is 16.3. The Morgan fingerprint density at radius 2 is 1.94 bits per heavy atom. The lowest BCUT2D eigenvalue weighted by Crippen LogP contribution is -2.55. The van der Waals surface area contributed by atoms with Gasteiger partial charge in [-0.15, -0.1) is 0 Å². The molecule has 3 fully saturated rings. The molecular weight excluding hydrogens is 380 g/mol. The van der Waals surface area contributed by atoms with Gasteiger partial charge >= 0.3 is 0 Å². The van der Waals surface area contributed by atoms with Crippen molar-refractivity contribution in [2.75, 3.05) is 0 Å². The zero-order valence-corrected chi connectivity index (χ0v) is 19.0. The average molecular weight is 415 g/mol. The molecule has 1 spiro atoms. The molecule has 2 heteroatoms. The van der Waals surface area contributed by atoms with Crippen LogP contribution in [-0.2, 0) is 17.6 Å². The van der Waals surface area contributed by atoms with E-state index < -0.39 is 5.60 Å². The van der Waals surface area contributed by atoms with Crippen LogP contribution in [-0.4, -0.2) is 16.5 Å². The Morgan fingerprint density at radius 1 is 1.10 bits per heavy atom. The standard InChI is InChI=1S/C29H34O2/c1-3-19-4-5-20-8-14-29(31)15-11-25-24-7-6-22-17-23(30)9-13-28(22,18-21(20)16-19)26(24)10-12-27(25,29)2/h4-5,16-17,24-26,31H,3,6-7,9-13,15,18H2,1-2H3/t24-,25-,26?,27-,28+,29+/m0/s1. The minimum atomic E-state index is -0.876. The molecule has 1 N–H and O–H groups in total.